The molecule has 0 unspecified atom stereocenters. The number of hydrogen-bond acceptors (Lipinski definition) is 4. The molecule has 3 aromatic rings. The van der Waals surface area contributed by atoms with Gasteiger partial charge in [0.25, 0.3) is 0 Å². The van der Waals surface area contributed by atoms with E-state index in [1.807, 2.05) is 18.3 Å². The standard InChI is InChI=1S/C21H24N4O3S/c1-16(26)23-18-6-8-19(9-7-18)29(27,28)25-12-10-24(11-13-25)15-17-14-22-21-5-3-2-4-20(17)21/h2-9,14,22H,10-13,15H2,1H3,(H,23,26). The number of amides is 1. The summed E-state index contributed by atoms with van der Waals surface area (Å²) in [6.45, 7) is 4.49. The molecule has 0 aliphatic carbocycles. The molecular weight excluding hydrogens is 388 g/mol. The van der Waals surface area contributed by atoms with E-state index in [1.54, 1.807) is 24.3 Å². The highest BCUT2D eigenvalue weighted by Gasteiger charge is 2.28. The second-order valence-electron chi connectivity index (χ2n) is 7.25. The smallest absolute Gasteiger partial charge is 0.243 e. The third-order valence-corrected chi connectivity index (χ3v) is 7.13. The number of sulfonamides is 1. The number of piperazine rings is 1. The Kier molecular flexibility index (Phi) is 5.40. The van der Waals surface area contributed by atoms with E-state index in [0.29, 0.717) is 31.9 Å². The molecule has 0 radical (unpaired) electrons. The van der Waals surface area contributed by atoms with E-state index in [9.17, 15) is 13.2 Å². The number of rotatable bonds is 5. The van der Waals surface area contributed by atoms with Gasteiger partial charge in [-0.3, -0.25) is 9.69 Å². The molecule has 4 rings (SSSR count). The van der Waals surface area contributed by atoms with Gasteiger partial charge in [0.1, 0.15) is 0 Å². The number of anilines is 1. The first-order valence-corrected chi connectivity index (χ1v) is 11.0. The lowest BCUT2D eigenvalue weighted by Gasteiger charge is -2.33. The van der Waals surface area contributed by atoms with Gasteiger partial charge in [-0.1, -0.05) is 18.2 Å². The summed E-state index contributed by atoms with van der Waals surface area (Å²) in [7, 11) is -3.54. The molecule has 1 aliphatic heterocycles. The van der Waals surface area contributed by atoms with Crippen LogP contribution in [0.2, 0.25) is 0 Å². The molecule has 8 heteroatoms. The Labute approximate surface area is 170 Å². The van der Waals surface area contributed by atoms with Gasteiger partial charge in [0.15, 0.2) is 0 Å². The lowest BCUT2D eigenvalue weighted by atomic mass is 10.1. The Bertz CT molecular complexity index is 1110. The first kappa shape index (κ1) is 19.6. The molecule has 1 amide bonds. The molecule has 0 bridgehead atoms. The van der Waals surface area contributed by atoms with Gasteiger partial charge in [-0.15, -0.1) is 0 Å². The second kappa shape index (κ2) is 7.98. The lowest BCUT2D eigenvalue weighted by Crippen LogP contribution is -2.48. The van der Waals surface area contributed by atoms with Gasteiger partial charge >= 0.3 is 0 Å². The fourth-order valence-corrected chi connectivity index (χ4v) is 5.12. The topological polar surface area (TPSA) is 85.5 Å². The first-order valence-electron chi connectivity index (χ1n) is 9.58. The Morgan fingerprint density at radius 3 is 2.41 bits per heavy atom. The highest BCUT2D eigenvalue weighted by atomic mass is 32.2. The number of aromatic nitrogens is 1. The SMILES string of the molecule is CC(=O)Nc1ccc(S(=O)(=O)N2CCN(Cc3c[nH]c4ccccc34)CC2)cc1. The number of carbonyl (C=O) groups excluding carboxylic acids is 1. The van der Waals surface area contributed by atoms with Crippen molar-refractivity contribution in [2.75, 3.05) is 31.5 Å². The Hall–Kier alpha value is -2.68. The summed E-state index contributed by atoms with van der Waals surface area (Å²) >= 11 is 0. The zero-order valence-electron chi connectivity index (χ0n) is 16.3. The molecule has 1 saturated heterocycles. The van der Waals surface area contributed by atoms with Crippen LogP contribution >= 0.6 is 0 Å². The van der Waals surface area contributed by atoms with Crippen LogP contribution in [0.3, 0.4) is 0 Å². The number of hydrogen-bond donors (Lipinski definition) is 2. The van der Waals surface area contributed by atoms with Gasteiger partial charge in [0, 0.05) is 62.4 Å². The quantitative estimate of drug-likeness (QED) is 0.675. The van der Waals surface area contributed by atoms with Gasteiger partial charge in [0.05, 0.1) is 4.90 Å². The molecular formula is C21H24N4O3S. The van der Waals surface area contributed by atoms with Crippen molar-refractivity contribution in [2.24, 2.45) is 0 Å². The minimum atomic E-state index is -3.54. The Morgan fingerprint density at radius 2 is 1.72 bits per heavy atom. The zero-order valence-corrected chi connectivity index (χ0v) is 17.1. The van der Waals surface area contributed by atoms with Gasteiger partial charge in [-0.05, 0) is 35.9 Å². The number of nitrogens with one attached hydrogen (secondary N) is 2. The van der Waals surface area contributed by atoms with Gasteiger partial charge in [-0.25, -0.2) is 8.42 Å². The molecule has 2 N–H and O–H groups in total. The minimum absolute atomic E-state index is 0.188. The number of aromatic amines is 1. The molecule has 29 heavy (non-hydrogen) atoms. The third-order valence-electron chi connectivity index (χ3n) is 5.21. The van der Waals surface area contributed by atoms with Crippen LogP contribution in [0.5, 0.6) is 0 Å². The minimum Gasteiger partial charge on any atom is -0.361 e. The van der Waals surface area contributed by atoms with E-state index < -0.39 is 10.0 Å². The largest absolute Gasteiger partial charge is 0.361 e. The molecule has 7 nitrogen and oxygen atoms in total. The second-order valence-corrected chi connectivity index (χ2v) is 9.18. The van der Waals surface area contributed by atoms with Crippen LogP contribution in [0, 0.1) is 0 Å². The van der Waals surface area contributed by atoms with Crippen molar-refractivity contribution in [2.45, 2.75) is 18.4 Å². The van der Waals surface area contributed by atoms with E-state index in [4.69, 9.17) is 0 Å². The predicted octanol–water partition coefficient (Wildman–Crippen LogP) is 2.63. The fraction of sp³-hybridized carbons (Fsp3) is 0.286. The van der Waals surface area contributed by atoms with Crippen molar-refractivity contribution in [3.63, 3.8) is 0 Å². The average molecular weight is 413 g/mol. The molecule has 152 valence electrons. The maximum atomic E-state index is 12.9. The summed E-state index contributed by atoms with van der Waals surface area (Å²) in [5.74, 6) is -0.188. The number of benzene rings is 2. The number of H-pyrrole nitrogens is 1. The fourth-order valence-electron chi connectivity index (χ4n) is 3.69. The molecule has 2 aromatic carbocycles. The van der Waals surface area contributed by atoms with Crippen LogP contribution in [-0.4, -0.2) is 54.7 Å². The lowest BCUT2D eigenvalue weighted by molar-refractivity contribution is -0.114. The number of para-hydroxylation sites is 1. The summed E-state index contributed by atoms with van der Waals surface area (Å²) in [6.07, 6.45) is 2.03. The molecule has 0 saturated carbocycles. The van der Waals surface area contributed by atoms with E-state index in [1.165, 1.54) is 22.2 Å². The molecule has 2 heterocycles. The van der Waals surface area contributed by atoms with Crippen LogP contribution in [0.15, 0.2) is 59.6 Å². The monoisotopic (exact) mass is 412 g/mol. The summed E-state index contributed by atoms with van der Waals surface area (Å²) < 4.78 is 27.4. The molecule has 1 aromatic heterocycles. The first-order chi connectivity index (χ1) is 13.9. The summed E-state index contributed by atoms with van der Waals surface area (Å²) in [5.41, 5.74) is 2.93. The van der Waals surface area contributed by atoms with Crippen molar-refractivity contribution in [1.82, 2.24) is 14.2 Å². The van der Waals surface area contributed by atoms with Crippen molar-refractivity contribution < 1.29 is 13.2 Å². The normalized spacial score (nSPS) is 16.2. The number of nitrogens with zero attached hydrogens (tertiary/aromatic N) is 2. The highest BCUT2D eigenvalue weighted by molar-refractivity contribution is 7.89. The Balaban J connectivity index is 1.40. The third kappa shape index (κ3) is 4.19. The molecule has 1 fully saturated rings. The van der Waals surface area contributed by atoms with E-state index in [-0.39, 0.29) is 10.8 Å². The van der Waals surface area contributed by atoms with Gasteiger partial charge < -0.3 is 10.3 Å². The summed E-state index contributed by atoms with van der Waals surface area (Å²) in [6, 6.07) is 14.5. The molecule has 1 aliphatic rings. The number of carbonyl (C=O) groups is 1. The highest BCUT2D eigenvalue weighted by Crippen LogP contribution is 2.22. The zero-order chi connectivity index (χ0) is 20.4. The van der Waals surface area contributed by atoms with E-state index in [0.717, 1.165) is 12.1 Å². The van der Waals surface area contributed by atoms with E-state index >= 15 is 0 Å². The average Bonchev–Trinajstić information content (AvgIpc) is 3.11. The number of fused-ring (bicyclic) bond motifs is 1. The maximum absolute atomic E-state index is 12.9. The van der Waals surface area contributed by atoms with Crippen LogP contribution < -0.4 is 5.32 Å². The van der Waals surface area contributed by atoms with E-state index in [2.05, 4.69) is 27.3 Å². The summed E-state index contributed by atoms with van der Waals surface area (Å²) in [4.78, 5) is 16.9. The van der Waals surface area contributed by atoms with Crippen LogP contribution in [0.1, 0.15) is 12.5 Å². The van der Waals surface area contributed by atoms with Gasteiger partial charge in [-0.2, -0.15) is 4.31 Å². The predicted molar refractivity (Wildman–Crippen MR) is 113 cm³/mol. The summed E-state index contributed by atoms with van der Waals surface area (Å²) in [5, 5.41) is 3.86. The molecule has 0 spiro atoms. The van der Waals surface area contributed by atoms with Crippen LogP contribution in [0.25, 0.3) is 10.9 Å². The Morgan fingerprint density at radius 1 is 1.03 bits per heavy atom. The van der Waals surface area contributed by atoms with Crippen molar-refractivity contribution in [3.05, 3.63) is 60.3 Å². The van der Waals surface area contributed by atoms with Crippen molar-refractivity contribution in [3.8, 4) is 0 Å². The maximum Gasteiger partial charge on any atom is 0.243 e. The van der Waals surface area contributed by atoms with Crippen LogP contribution in [-0.2, 0) is 21.4 Å². The van der Waals surface area contributed by atoms with Crippen molar-refractivity contribution >= 4 is 32.5 Å². The van der Waals surface area contributed by atoms with Gasteiger partial charge in [0.2, 0.25) is 15.9 Å². The van der Waals surface area contributed by atoms with Crippen LogP contribution in [0.4, 0.5) is 5.69 Å². The molecule has 0 atom stereocenters. The van der Waals surface area contributed by atoms with Crippen molar-refractivity contribution in [1.29, 1.82) is 0 Å².